The van der Waals surface area contributed by atoms with Crippen LogP contribution in [0, 0.1) is 6.92 Å². The van der Waals surface area contributed by atoms with Gasteiger partial charge in [-0.05, 0) is 42.8 Å². The summed E-state index contributed by atoms with van der Waals surface area (Å²) in [4.78, 5) is 4.47. The normalized spacial score (nSPS) is 10.9. The summed E-state index contributed by atoms with van der Waals surface area (Å²) in [6, 6.07) is 10.5. The molecule has 0 saturated carbocycles. The first-order chi connectivity index (χ1) is 8.63. The summed E-state index contributed by atoms with van der Waals surface area (Å²) in [7, 11) is 0. The molecule has 3 rings (SSSR count). The van der Waals surface area contributed by atoms with Crippen LogP contribution in [-0.4, -0.2) is 15.2 Å². The van der Waals surface area contributed by atoms with Gasteiger partial charge in [0, 0.05) is 0 Å². The zero-order valence-corrected chi connectivity index (χ0v) is 10.5. The van der Waals surface area contributed by atoms with Gasteiger partial charge in [-0.1, -0.05) is 6.07 Å². The fraction of sp³-hybridized carbons (Fsp3) is 0.0714. The van der Waals surface area contributed by atoms with Crippen LogP contribution in [0.25, 0.3) is 20.8 Å². The molecule has 0 saturated heterocycles. The predicted octanol–water partition coefficient (Wildman–Crippen LogP) is 3.68. The van der Waals surface area contributed by atoms with Crippen LogP contribution in [-0.2, 0) is 0 Å². The van der Waals surface area contributed by atoms with Crippen LogP contribution in [0.1, 0.15) is 5.56 Å². The van der Waals surface area contributed by atoms with E-state index in [-0.39, 0.29) is 11.5 Å². The van der Waals surface area contributed by atoms with E-state index in [9.17, 15) is 10.2 Å². The largest absolute Gasteiger partial charge is 0.508 e. The van der Waals surface area contributed by atoms with Gasteiger partial charge in [0.15, 0.2) is 0 Å². The Morgan fingerprint density at radius 3 is 2.72 bits per heavy atom. The standard InChI is InChI=1S/C14H11NO2S/c1-8-2-4-11-13(6-8)18-14(15-11)10-7-9(16)3-5-12(10)17/h2-7,16-17H,1H3. The van der Waals surface area contributed by atoms with Gasteiger partial charge in [-0.25, -0.2) is 4.98 Å². The smallest absolute Gasteiger partial charge is 0.128 e. The molecule has 0 aliphatic rings. The van der Waals surface area contributed by atoms with E-state index in [0.29, 0.717) is 10.6 Å². The van der Waals surface area contributed by atoms with Gasteiger partial charge >= 0.3 is 0 Å². The molecule has 3 nitrogen and oxygen atoms in total. The van der Waals surface area contributed by atoms with Crippen LogP contribution >= 0.6 is 11.3 Å². The molecule has 0 atom stereocenters. The number of aryl methyl sites for hydroxylation is 1. The fourth-order valence-corrected chi connectivity index (χ4v) is 2.93. The van der Waals surface area contributed by atoms with E-state index in [1.165, 1.54) is 35.1 Å². The SMILES string of the molecule is Cc1ccc2nc(-c3cc(O)ccc3O)sc2c1. The number of benzene rings is 2. The molecule has 0 spiro atoms. The summed E-state index contributed by atoms with van der Waals surface area (Å²) < 4.78 is 1.08. The monoisotopic (exact) mass is 257 g/mol. The van der Waals surface area contributed by atoms with E-state index < -0.39 is 0 Å². The Morgan fingerprint density at radius 1 is 1.06 bits per heavy atom. The molecule has 0 fully saturated rings. The zero-order chi connectivity index (χ0) is 12.7. The summed E-state index contributed by atoms with van der Waals surface area (Å²) >= 11 is 1.51. The van der Waals surface area contributed by atoms with Crippen molar-refractivity contribution in [3.63, 3.8) is 0 Å². The molecular weight excluding hydrogens is 246 g/mol. The van der Waals surface area contributed by atoms with E-state index in [1.54, 1.807) is 0 Å². The molecule has 90 valence electrons. The maximum atomic E-state index is 9.82. The lowest BCUT2D eigenvalue weighted by Gasteiger charge is -2.00. The summed E-state index contributed by atoms with van der Waals surface area (Å²) in [5.74, 6) is 0.252. The molecule has 0 radical (unpaired) electrons. The first-order valence-corrected chi connectivity index (χ1v) is 6.35. The second-order valence-corrected chi connectivity index (χ2v) is 5.22. The summed E-state index contributed by atoms with van der Waals surface area (Å²) in [5, 5.41) is 20.0. The van der Waals surface area contributed by atoms with Crippen molar-refractivity contribution in [3.8, 4) is 22.1 Å². The van der Waals surface area contributed by atoms with Gasteiger partial charge in [-0.15, -0.1) is 11.3 Å². The number of hydrogen-bond donors (Lipinski definition) is 2. The number of aromatic hydroxyl groups is 2. The Hall–Kier alpha value is -2.07. The van der Waals surface area contributed by atoms with Crippen LogP contribution < -0.4 is 0 Å². The van der Waals surface area contributed by atoms with Crippen LogP contribution in [0.4, 0.5) is 0 Å². The number of fused-ring (bicyclic) bond motifs is 1. The molecule has 0 aliphatic carbocycles. The minimum Gasteiger partial charge on any atom is -0.508 e. The molecule has 2 N–H and O–H groups in total. The number of thiazole rings is 1. The van der Waals surface area contributed by atoms with Crippen molar-refractivity contribution in [1.82, 2.24) is 4.98 Å². The van der Waals surface area contributed by atoms with Crippen LogP contribution in [0.2, 0.25) is 0 Å². The second kappa shape index (κ2) is 3.99. The minimum absolute atomic E-state index is 0.123. The van der Waals surface area contributed by atoms with Crippen LogP contribution in [0.3, 0.4) is 0 Å². The lowest BCUT2D eigenvalue weighted by molar-refractivity contribution is 0.462. The van der Waals surface area contributed by atoms with Crippen molar-refractivity contribution in [1.29, 1.82) is 0 Å². The van der Waals surface area contributed by atoms with Gasteiger partial charge < -0.3 is 10.2 Å². The van der Waals surface area contributed by atoms with Crippen LogP contribution in [0.5, 0.6) is 11.5 Å². The average Bonchev–Trinajstić information content (AvgIpc) is 2.74. The minimum atomic E-state index is 0.123. The maximum Gasteiger partial charge on any atom is 0.128 e. The van der Waals surface area contributed by atoms with Crippen LogP contribution in [0.15, 0.2) is 36.4 Å². The Bertz CT molecular complexity index is 734. The van der Waals surface area contributed by atoms with Gasteiger partial charge in [0.2, 0.25) is 0 Å². The molecule has 1 heterocycles. The highest BCUT2D eigenvalue weighted by Crippen LogP contribution is 2.37. The molecule has 18 heavy (non-hydrogen) atoms. The van der Waals surface area contributed by atoms with Crippen molar-refractivity contribution in [2.75, 3.05) is 0 Å². The number of rotatable bonds is 1. The van der Waals surface area contributed by atoms with Gasteiger partial charge in [0.1, 0.15) is 16.5 Å². The molecule has 2 aromatic carbocycles. The molecule has 0 amide bonds. The predicted molar refractivity (Wildman–Crippen MR) is 73.1 cm³/mol. The van der Waals surface area contributed by atoms with Crippen molar-refractivity contribution in [2.45, 2.75) is 6.92 Å². The quantitative estimate of drug-likeness (QED) is 0.654. The first-order valence-electron chi connectivity index (χ1n) is 5.53. The molecule has 1 aromatic heterocycles. The van der Waals surface area contributed by atoms with E-state index in [4.69, 9.17) is 0 Å². The third-order valence-corrected chi connectivity index (χ3v) is 3.81. The highest BCUT2D eigenvalue weighted by atomic mass is 32.1. The molecule has 4 heteroatoms. The van der Waals surface area contributed by atoms with Crippen molar-refractivity contribution in [3.05, 3.63) is 42.0 Å². The molecular formula is C14H11NO2S. The van der Waals surface area contributed by atoms with Gasteiger partial charge in [0.05, 0.1) is 15.8 Å². The van der Waals surface area contributed by atoms with Crippen molar-refractivity contribution in [2.24, 2.45) is 0 Å². The number of hydrogen-bond acceptors (Lipinski definition) is 4. The number of nitrogens with zero attached hydrogens (tertiary/aromatic N) is 1. The Morgan fingerprint density at radius 2 is 1.89 bits per heavy atom. The highest BCUT2D eigenvalue weighted by Gasteiger charge is 2.11. The van der Waals surface area contributed by atoms with E-state index in [2.05, 4.69) is 11.1 Å². The van der Waals surface area contributed by atoms with E-state index >= 15 is 0 Å². The van der Waals surface area contributed by atoms with E-state index in [1.807, 2.05) is 19.1 Å². The first kappa shape index (κ1) is 11.0. The zero-order valence-electron chi connectivity index (χ0n) is 9.71. The summed E-state index contributed by atoms with van der Waals surface area (Å²) in [5.41, 5.74) is 2.65. The van der Waals surface area contributed by atoms with Gasteiger partial charge in [-0.2, -0.15) is 0 Å². The number of phenolic OH excluding ortho intramolecular Hbond substituents is 2. The van der Waals surface area contributed by atoms with Gasteiger partial charge in [0.25, 0.3) is 0 Å². The van der Waals surface area contributed by atoms with Gasteiger partial charge in [-0.3, -0.25) is 0 Å². The molecule has 0 aliphatic heterocycles. The molecule has 0 bridgehead atoms. The second-order valence-electron chi connectivity index (χ2n) is 4.19. The Labute approximate surface area is 108 Å². The topological polar surface area (TPSA) is 53.4 Å². The highest BCUT2D eigenvalue weighted by molar-refractivity contribution is 7.21. The lowest BCUT2D eigenvalue weighted by atomic mass is 10.2. The summed E-state index contributed by atoms with van der Waals surface area (Å²) in [6.07, 6.45) is 0. The average molecular weight is 257 g/mol. The third kappa shape index (κ3) is 1.80. The maximum absolute atomic E-state index is 9.82. The number of aromatic nitrogens is 1. The molecule has 3 aromatic rings. The third-order valence-electron chi connectivity index (χ3n) is 2.75. The molecule has 0 unspecified atom stereocenters. The van der Waals surface area contributed by atoms with Crippen molar-refractivity contribution < 1.29 is 10.2 Å². The summed E-state index contributed by atoms with van der Waals surface area (Å²) in [6.45, 7) is 2.03. The Balaban J connectivity index is 2.22. The van der Waals surface area contributed by atoms with E-state index in [0.717, 1.165) is 10.2 Å². The fourth-order valence-electron chi connectivity index (χ4n) is 1.84. The Kier molecular flexibility index (Phi) is 2.45. The number of phenols is 2. The van der Waals surface area contributed by atoms with Crippen molar-refractivity contribution >= 4 is 21.6 Å². The lowest BCUT2D eigenvalue weighted by Crippen LogP contribution is -1.77.